The van der Waals surface area contributed by atoms with Gasteiger partial charge >= 0.3 is 0 Å². The van der Waals surface area contributed by atoms with Gasteiger partial charge in [0.15, 0.2) is 5.82 Å². The van der Waals surface area contributed by atoms with E-state index >= 15 is 0 Å². The first-order valence-corrected chi connectivity index (χ1v) is 5.62. The molecule has 0 aromatic carbocycles. The number of nitrogen functional groups attached to an aromatic ring is 1. The van der Waals surface area contributed by atoms with Crippen molar-refractivity contribution in [1.82, 2.24) is 15.3 Å². The number of amides is 1. The molecule has 0 aliphatic carbocycles. The highest BCUT2D eigenvalue weighted by molar-refractivity contribution is 6.35. The van der Waals surface area contributed by atoms with E-state index in [1.807, 2.05) is 13.8 Å². The van der Waals surface area contributed by atoms with Crippen molar-refractivity contribution < 1.29 is 4.79 Å². The maximum Gasteiger partial charge on any atom is 0.242 e. The highest BCUT2D eigenvalue weighted by Crippen LogP contribution is 2.23. The van der Waals surface area contributed by atoms with E-state index in [-0.39, 0.29) is 22.8 Å². The Kier molecular flexibility index (Phi) is 4.51. The molecule has 94 valence electrons. The van der Waals surface area contributed by atoms with Gasteiger partial charge in [-0.15, -0.1) is 0 Å². The summed E-state index contributed by atoms with van der Waals surface area (Å²) in [5, 5.41) is 5.88. The monoisotopic (exact) mass is 257 g/mol. The largest absolute Gasteiger partial charge is 0.382 e. The number of halogens is 1. The summed E-state index contributed by atoms with van der Waals surface area (Å²) in [6.45, 7) is 5.49. The van der Waals surface area contributed by atoms with Crippen LogP contribution in [0, 0.1) is 0 Å². The second kappa shape index (κ2) is 5.67. The lowest BCUT2D eigenvalue weighted by Gasteiger charge is -2.17. The van der Waals surface area contributed by atoms with E-state index < -0.39 is 6.04 Å². The fourth-order valence-electron chi connectivity index (χ4n) is 1.16. The van der Waals surface area contributed by atoms with Gasteiger partial charge in [-0.25, -0.2) is 9.97 Å². The van der Waals surface area contributed by atoms with Crippen molar-refractivity contribution >= 4 is 29.1 Å². The molecule has 17 heavy (non-hydrogen) atoms. The number of hydrogen-bond acceptors (Lipinski definition) is 5. The normalized spacial score (nSPS) is 12.3. The number of nitrogens with zero attached hydrogens (tertiary/aromatic N) is 2. The predicted molar refractivity (Wildman–Crippen MR) is 67.8 cm³/mol. The van der Waals surface area contributed by atoms with Gasteiger partial charge in [0.25, 0.3) is 0 Å². The molecular weight excluding hydrogens is 242 g/mol. The van der Waals surface area contributed by atoms with E-state index in [2.05, 4.69) is 20.6 Å². The topological polar surface area (TPSA) is 92.9 Å². The van der Waals surface area contributed by atoms with Crippen LogP contribution in [0.25, 0.3) is 0 Å². The molecule has 0 aliphatic heterocycles. The van der Waals surface area contributed by atoms with Gasteiger partial charge in [-0.1, -0.05) is 11.6 Å². The summed E-state index contributed by atoms with van der Waals surface area (Å²) >= 11 is 5.90. The lowest BCUT2D eigenvalue weighted by atomic mass is 10.3. The van der Waals surface area contributed by atoms with Gasteiger partial charge in [0.2, 0.25) is 5.91 Å². The quantitative estimate of drug-likeness (QED) is 0.749. The van der Waals surface area contributed by atoms with Crippen LogP contribution >= 0.6 is 11.6 Å². The van der Waals surface area contributed by atoms with Crippen LogP contribution in [0.15, 0.2) is 6.33 Å². The van der Waals surface area contributed by atoms with E-state index in [0.29, 0.717) is 5.82 Å². The van der Waals surface area contributed by atoms with E-state index in [0.717, 1.165) is 0 Å². The maximum atomic E-state index is 11.7. The van der Waals surface area contributed by atoms with Crippen molar-refractivity contribution in [2.24, 2.45) is 0 Å². The van der Waals surface area contributed by atoms with E-state index in [1.54, 1.807) is 6.92 Å². The van der Waals surface area contributed by atoms with Gasteiger partial charge in [0.1, 0.15) is 23.2 Å². The molecule has 0 saturated heterocycles. The lowest BCUT2D eigenvalue weighted by Crippen LogP contribution is -2.41. The van der Waals surface area contributed by atoms with Gasteiger partial charge in [0.05, 0.1) is 0 Å². The Morgan fingerprint density at radius 3 is 2.65 bits per heavy atom. The van der Waals surface area contributed by atoms with Crippen molar-refractivity contribution in [1.29, 1.82) is 0 Å². The first-order chi connectivity index (χ1) is 7.91. The number of hydrogen-bond donors (Lipinski definition) is 3. The van der Waals surface area contributed by atoms with Crippen LogP contribution in [0.3, 0.4) is 0 Å². The first-order valence-electron chi connectivity index (χ1n) is 5.24. The van der Waals surface area contributed by atoms with Crippen molar-refractivity contribution in [2.75, 3.05) is 11.1 Å². The molecule has 1 atom stereocenters. The number of carbonyl (C=O) groups excluding carboxylic acids is 1. The molecule has 0 saturated carbocycles. The van der Waals surface area contributed by atoms with Gasteiger partial charge in [-0.2, -0.15) is 0 Å². The highest BCUT2D eigenvalue weighted by atomic mass is 35.5. The summed E-state index contributed by atoms with van der Waals surface area (Å²) in [4.78, 5) is 19.3. The van der Waals surface area contributed by atoms with E-state index in [4.69, 9.17) is 17.3 Å². The smallest absolute Gasteiger partial charge is 0.242 e. The zero-order valence-electron chi connectivity index (χ0n) is 9.99. The molecule has 0 radical (unpaired) electrons. The second-order valence-electron chi connectivity index (χ2n) is 3.95. The van der Waals surface area contributed by atoms with Crippen molar-refractivity contribution in [3.63, 3.8) is 0 Å². The average Bonchev–Trinajstić information content (AvgIpc) is 2.23. The molecular formula is C10H16ClN5O. The summed E-state index contributed by atoms with van der Waals surface area (Å²) in [5.41, 5.74) is 5.53. The average molecular weight is 258 g/mol. The van der Waals surface area contributed by atoms with Crippen molar-refractivity contribution in [2.45, 2.75) is 32.9 Å². The molecule has 1 unspecified atom stereocenters. The summed E-state index contributed by atoms with van der Waals surface area (Å²) in [5.74, 6) is 0.402. The van der Waals surface area contributed by atoms with Crippen LogP contribution in [0.1, 0.15) is 20.8 Å². The Labute approximate surface area is 105 Å². The van der Waals surface area contributed by atoms with Crippen molar-refractivity contribution in [3.05, 3.63) is 11.3 Å². The SMILES string of the molecule is CC(C)NC(=O)C(C)Nc1ncnc(N)c1Cl. The summed E-state index contributed by atoms with van der Waals surface area (Å²) in [6, 6.07) is -0.373. The van der Waals surface area contributed by atoms with Gasteiger partial charge < -0.3 is 16.4 Å². The standard InChI is InChI=1S/C10H16ClN5O/c1-5(2)15-10(17)6(3)16-9-7(11)8(12)13-4-14-9/h4-6H,1-3H3,(H,15,17)(H3,12,13,14,16). The molecule has 0 aliphatic rings. The third-order valence-electron chi connectivity index (χ3n) is 1.99. The minimum absolute atomic E-state index is 0.0812. The zero-order chi connectivity index (χ0) is 13.0. The molecule has 0 bridgehead atoms. The van der Waals surface area contributed by atoms with Gasteiger partial charge in [0, 0.05) is 6.04 Å². The number of carbonyl (C=O) groups is 1. The minimum atomic E-state index is -0.454. The van der Waals surface area contributed by atoms with Crippen LogP contribution in [0.4, 0.5) is 11.6 Å². The summed E-state index contributed by atoms with van der Waals surface area (Å²) in [7, 11) is 0. The fourth-order valence-corrected chi connectivity index (χ4v) is 1.32. The Balaban J connectivity index is 2.71. The van der Waals surface area contributed by atoms with Crippen molar-refractivity contribution in [3.8, 4) is 0 Å². The van der Waals surface area contributed by atoms with Crippen LogP contribution < -0.4 is 16.4 Å². The number of rotatable bonds is 4. The fraction of sp³-hybridized carbons (Fsp3) is 0.500. The molecule has 1 rings (SSSR count). The predicted octanol–water partition coefficient (Wildman–Crippen LogP) is 1.04. The third-order valence-corrected chi connectivity index (χ3v) is 2.37. The first kappa shape index (κ1) is 13.5. The summed E-state index contributed by atoms with van der Waals surface area (Å²) < 4.78 is 0. The van der Waals surface area contributed by atoms with E-state index in [1.165, 1.54) is 6.33 Å². The third kappa shape index (κ3) is 3.74. The molecule has 0 fully saturated rings. The van der Waals surface area contributed by atoms with Crippen LogP contribution in [0.5, 0.6) is 0 Å². The zero-order valence-corrected chi connectivity index (χ0v) is 10.7. The molecule has 1 amide bonds. The summed E-state index contributed by atoms with van der Waals surface area (Å²) in [6.07, 6.45) is 1.29. The molecule has 4 N–H and O–H groups in total. The Morgan fingerprint density at radius 2 is 2.06 bits per heavy atom. The number of aromatic nitrogens is 2. The molecule has 1 heterocycles. The molecule has 0 spiro atoms. The molecule has 1 aromatic rings. The Hall–Kier alpha value is -1.56. The molecule has 6 nitrogen and oxygen atoms in total. The lowest BCUT2D eigenvalue weighted by molar-refractivity contribution is -0.122. The van der Waals surface area contributed by atoms with Gasteiger partial charge in [-0.3, -0.25) is 4.79 Å². The number of nitrogens with two attached hydrogens (primary N) is 1. The van der Waals surface area contributed by atoms with Crippen LogP contribution in [0.2, 0.25) is 5.02 Å². The maximum absolute atomic E-state index is 11.7. The van der Waals surface area contributed by atoms with Crippen LogP contribution in [-0.4, -0.2) is 28.0 Å². The minimum Gasteiger partial charge on any atom is -0.382 e. The highest BCUT2D eigenvalue weighted by Gasteiger charge is 2.16. The Bertz CT molecular complexity index is 410. The number of nitrogens with one attached hydrogen (secondary N) is 2. The molecule has 7 heteroatoms. The van der Waals surface area contributed by atoms with E-state index in [9.17, 15) is 4.79 Å². The Morgan fingerprint density at radius 1 is 1.41 bits per heavy atom. The number of anilines is 2. The van der Waals surface area contributed by atoms with Gasteiger partial charge in [-0.05, 0) is 20.8 Å². The molecule has 1 aromatic heterocycles. The second-order valence-corrected chi connectivity index (χ2v) is 4.33. The van der Waals surface area contributed by atoms with Crippen LogP contribution in [-0.2, 0) is 4.79 Å².